The van der Waals surface area contributed by atoms with Crippen LogP contribution in [-0.4, -0.2) is 93.6 Å². The van der Waals surface area contributed by atoms with Crippen molar-refractivity contribution in [2.75, 3.05) is 34.9 Å². The number of esters is 1. The average Bonchev–Trinajstić information content (AvgIpc) is 2.97. The van der Waals surface area contributed by atoms with Gasteiger partial charge in [-0.3, -0.25) is 9.59 Å². The van der Waals surface area contributed by atoms with Crippen LogP contribution < -0.4 is 0 Å². The lowest BCUT2D eigenvalue weighted by atomic mass is 9.80. The molecular formula is C34H59NO8. The number of aliphatic hydroxyl groups is 1. The van der Waals surface area contributed by atoms with Crippen LogP contribution in [0.25, 0.3) is 0 Å². The van der Waals surface area contributed by atoms with Gasteiger partial charge in [-0.1, -0.05) is 45.4 Å². The van der Waals surface area contributed by atoms with E-state index >= 15 is 0 Å². The molecule has 9 heteroatoms. The largest absolute Gasteiger partial charge is 0.462 e. The number of carbonyl (C=O) groups is 2. The number of hydrogen-bond donors (Lipinski definition) is 1. The molecule has 0 spiro atoms. The zero-order valence-electron chi connectivity index (χ0n) is 28.3. The number of hydrogen-bond acceptors (Lipinski definition) is 9. The predicted molar refractivity (Wildman–Crippen MR) is 167 cm³/mol. The fourth-order valence-electron chi connectivity index (χ4n) is 6.58. The van der Waals surface area contributed by atoms with Crippen LogP contribution in [0.2, 0.25) is 0 Å². The van der Waals surface area contributed by atoms with Crippen LogP contribution in [0.1, 0.15) is 80.1 Å². The molecular weight excluding hydrogens is 550 g/mol. The second-order valence-corrected chi connectivity index (χ2v) is 13.0. The summed E-state index contributed by atoms with van der Waals surface area (Å²) in [5, 5.41) is 10.1. The summed E-state index contributed by atoms with van der Waals surface area (Å²) < 4.78 is 30.5. The predicted octanol–water partition coefficient (Wildman–Crippen LogP) is 5.16. The molecule has 2 heterocycles. The Bertz CT molecular complexity index is 916. The van der Waals surface area contributed by atoms with Crippen LogP contribution in [0.4, 0.5) is 0 Å². The Morgan fingerprint density at radius 2 is 1.74 bits per heavy atom. The first-order valence-corrected chi connectivity index (χ1v) is 16.1. The smallest absolute Gasteiger partial charge is 0.306 e. The van der Waals surface area contributed by atoms with E-state index in [9.17, 15) is 14.7 Å². The molecule has 10 atom stereocenters. The van der Waals surface area contributed by atoms with Crippen molar-refractivity contribution in [1.82, 2.24) is 4.90 Å². The Kier molecular flexibility index (Phi) is 16.1. The Labute approximate surface area is 260 Å². The number of carbonyl (C=O) groups excluding carboxylic acids is 2. The molecule has 2 aliphatic heterocycles. The van der Waals surface area contributed by atoms with Crippen molar-refractivity contribution in [2.45, 2.75) is 117 Å². The maximum atomic E-state index is 13.4. The molecule has 248 valence electrons. The topological polar surface area (TPSA) is 104 Å². The van der Waals surface area contributed by atoms with Gasteiger partial charge in [-0.2, -0.15) is 0 Å². The number of cyclic esters (lactones) is 1. The van der Waals surface area contributed by atoms with Crippen molar-refractivity contribution in [1.29, 1.82) is 0 Å². The first-order chi connectivity index (χ1) is 20.3. The second kappa shape index (κ2) is 18.4. The normalized spacial score (nSPS) is 37.7. The first kappa shape index (κ1) is 37.6. The van der Waals surface area contributed by atoms with Gasteiger partial charge >= 0.3 is 5.97 Å². The van der Waals surface area contributed by atoms with Gasteiger partial charge in [0.05, 0.1) is 18.8 Å². The van der Waals surface area contributed by atoms with Gasteiger partial charge in [0.1, 0.15) is 6.10 Å². The van der Waals surface area contributed by atoms with Gasteiger partial charge in [-0.15, -0.1) is 0 Å². The summed E-state index contributed by atoms with van der Waals surface area (Å²) in [4.78, 5) is 28.7. The molecule has 43 heavy (non-hydrogen) atoms. The van der Waals surface area contributed by atoms with E-state index in [1.54, 1.807) is 26.4 Å². The summed E-state index contributed by atoms with van der Waals surface area (Å²) in [5.41, 5.74) is 0.833. The molecule has 0 aromatic heterocycles. The van der Waals surface area contributed by atoms with Crippen LogP contribution in [0.5, 0.6) is 0 Å². The maximum absolute atomic E-state index is 13.4. The molecule has 4 unspecified atom stereocenters. The number of rotatable bonds is 9. The fraction of sp³-hybridized carbons (Fsp3) is 0.824. The number of nitrogens with zero attached hydrogens (tertiary/aromatic N) is 1. The Hall–Kier alpha value is -1.62. The average molecular weight is 610 g/mol. The molecule has 0 saturated carbocycles. The number of ether oxygens (including phenoxy) is 5. The molecule has 2 rings (SSSR count). The molecule has 0 radical (unpaired) electrons. The molecule has 0 bridgehead atoms. The third-order valence-corrected chi connectivity index (χ3v) is 9.28. The van der Waals surface area contributed by atoms with Gasteiger partial charge in [-0.25, -0.2) is 0 Å². The molecule has 1 fully saturated rings. The quantitative estimate of drug-likeness (QED) is 0.281. The maximum Gasteiger partial charge on any atom is 0.306 e. The third-order valence-electron chi connectivity index (χ3n) is 9.28. The molecule has 0 amide bonds. The molecule has 1 saturated heterocycles. The highest BCUT2D eigenvalue weighted by Gasteiger charge is 2.41. The van der Waals surface area contributed by atoms with Gasteiger partial charge in [0, 0.05) is 50.9 Å². The SMILES string of the molecule is CC[C@H]1OC(=O)CC[C@H](C)[C@@H](OC2OC(C)CC(N(C)C)C2C)[C@@H](CC(OC)OC)C[C@@H](C)C(=O)/C=C/C(C)=C/[C@@H]1CO. The lowest BCUT2D eigenvalue weighted by Crippen LogP contribution is -2.51. The first-order valence-electron chi connectivity index (χ1n) is 16.1. The summed E-state index contributed by atoms with van der Waals surface area (Å²) in [5.74, 6) is -0.962. The van der Waals surface area contributed by atoms with Crippen molar-refractivity contribution >= 4 is 11.8 Å². The van der Waals surface area contributed by atoms with Crippen molar-refractivity contribution in [3.05, 3.63) is 23.8 Å². The fourth-order valence-corrected chi connectivity index (χ4v) is 6.58. The lowest BCUT2D eigenvalue weighted by molar-refractivity contribution is -0.265. The van der Waals surface area contributed by atoms with Crippen LogP contribution in [-0.2, 0) is 33.3 Å². The second-order valence-electron chi connectivity index (χ2n) is 13.0. The van der Waals surface area contributed by atoms with Crippen LogP contribution in [0, 0.1) is 29.6 Å². The standard InChI is InChI=1S/C34H59NO8/c1-11-30-27(20-36)16-21(2)12-14-29(37)23(4)17-26(19-32(39-9)40-10)33(22(3)13-15-31(38)42-30)43-34-25(6)28(35(7)8)18-24(5)41-34/h12,14,16,22-28,30,32-34,36H,11,13,15,17-20H2,1-10H3/b14-12+,21-16+/t22-,23+,24?,25?,26+,27+,28?,30+,33+,34?/m0/s1. The van der Waals surface area contributed by atoms with E-state index in [2.05, 4.69) is 39.8 Å². The van der Waals surface area contributed by atoms with E-state index in [-0.39, 0.29) is 66.6 Å². The third kappa shape index (κ3) is 11.4. The summed E-state index contributed by atoms with van der Waals surface area (Å²) in [6.07, 6.45) is 6.92. The van der Waals surface area contributed by atoms with Crippen molar-refractivity contribution < 1.29 is 38.4 Å². The summed E-state index contributed by atoms with van der Waals surface area (Å²) in [7, 11) is 7.41. The molecule has 0 aromatic carbocycles. The minimum absolute atomic E-state index is 0.0187. The van der Waals surface area contributed by atoms with Gasteiger partial charge in [0.2, 0.25) is 0 Å². The Morgan fingerprint density at radius 1 is 1.07 bits per heavy atom. The summed E-state index contributed by atoms with van der Waals surface area (Å²) in [6.45, 7) is 12.0. The zero-order chi connectivity index (χ0) is 32.3. The number of allylic oxidation sites excluding steroid dienone is 3. The van der Waals surface area contributed by atoms with E-state index in [0.717, 1.165) is 12.0 Å². The summed E-state index contributed by atoms with van der Waals surface area (Å²) >= 11 is 0. The minimum Gasteiger partial charge on any atom is -0.462 e. The summed E-state index contributed by atoms with van der Waals surface area (Å²) in [6, 6.07) is 0.293. The number of ketones is 1. The zero-order valence-corrected chi connectivity index (χ0v) is 28.3. The van der Waals surface area contributed by atoms with Gasteiger partial charge in [0.25, 0.3) is 0 Å². The highest BCUT2D eigenvalue weighted by atomic mass is 16.7. The number of aliphatic hydroxyl groups excluding tert-OH is 1. The Balaban J connectivity index is 2.52. The van der Waals surface area contributed by atoms with Crippen molar-refractivity contribution in [3.8, 4) is 0 Å². The monoisotopic (exact) mass is 609 g/mol. The number of methoxy groups -OCH3 is 2. The molecule has 2 aliphatic rings. The van der Waals surface area contributed by atoms with Crippen molar-refractivity contribution in [3.63, 3.8) is 0 Å². The van der Waals surface area contributed by atoms with E-state index in [4.69, 9.17) is 23.7 Å². The van der Waals surface area contributed by atoms with Crippen molar-refractivity contribution in [2.24, 2.45) is 29.6 Å². The van der Waals surface area contributed by atoms with Gasteiger partial charge in [0.15, 0.2) is 18.4 Å². The highest BCUT2D eigenvalue weighted by molar-refractivity contribution is 5.91. The van der Waals surface area contributed by atoms with Crippen LogP contribution in [0.3, 0.4) is 0 Å². The lowest BCUT2D eigenvalue weighted by Gasteiger charge is -2.45. The highest BCUT2D eigenvalue weighted by Crippen LogP contribution is 2.36. The van der Waals surface area contributed by atoms with Crippen LogP contribution >= 0.6 is 0 Å². The minimum atomic E-state index is -0.472. The van der Waals surface area contributed by atoms with Gasteiger partial charge in [-0.05, 0) is 71.5 Å². The van der Waals surface area contributed by atoms with E-state index in [1.165, 1.54) is 0 Å². The molecule has 1 N–H and O–H groups in total. The van der Waals surface area contributed by atoms with E-state index < -0.39 is 18.7 Å². The molecule has 0 aromatic rings. The van der Waals surface area contributed by atoms with E-state index in [1.807, 2.05) is 26.8 Å². The molecule has 9 nitrogen and oxygen atoms in total. The molecule has 0 aliphatic carbocycles. The van der Waals surface area contributed by atoms with E-state index in [0.29, 0.717) is 31.7 Å². The van der Waals surface area contributed by atoms with Gasteiger partial charge < -0.3 is 33.7 Å². The Morgan fingerprint density at radius 3 is 2.33 bits per heavy atom. The van der Waals surface area contributed by atoms with Crippen LogP contribution in [0.15, 0.2) is 23.8 Å².